The third-order valence-corrected chi connectivity index (χ3v) is 5.24. The van der Waals surface area contributed by atoms with Crippen molar-refractivity contribution in [2.75, 3.05) is 25.1 Å². The average molecular weight is 333 g/mol. The molecule has 1 aromatic carbocycles. The molecule has 4 nitrogen and oxygen atoms in total. The number of nitrogens with zero attached hydrogens (tertiary/aromatic N) is 2. The third-order valence-electron chi connectivity index (χ3n) is 5.24. The van der Waals surface area contributed by atoms with Gasteiger partial charge in [0.1, 0.15) is 0 Å². The van der Waals surface area contributed by atoms with E-state index in [4.69, 9.17) is 4.74 Å². The van der Waals surface area contributed by atoms with Gasteiger partial charge in [-0.2, -0.15) is 0 Å². The van der Waals surface area contributed by atoms with E-state index in [1.165, 1.54) is 11.1 Å². The van der Waals surface area contributed by atoms with Crippen LogP contribution < -0.4 is 5.32 Å². The van der Waals surface area contributed by atoms with Crippen LogP contribution in [0.1, 0.15) is 24.0 Å². The number of anilines is 1. The molecule has 25 heavy (non-hydrogen) atoms. The van der Waals surface area contributed by atoms with E-state index in [-0.39, 0.29) is 5.41 Å². The van der Waals surface area contributed by atoms with Crippen molar-refractivity contribution in [2.24, 2.45) is 0 Å². The predicted octanol–water partition coefficient (Wildman–Crippen LogP) is 4.10. The summed E-state index contributed by atoms with van der Waals surface area (Å²) in [7, 11) is 0. The molecule has 1 N–H and O–H groups in total. The van der Waals surface area contributed by atoms with Crippen LogP contribution in [0.2, 0.25) is 0 Å². The van der Waals surface area contributed by atoms with Gasteiger partial charge in [0.05, 0.1) is 17.4 Å². The molecule has 1 saturated heterocycles. The van der Waals surface area contributed by atoms with Crippen molar-refractivity contribution in [1.29, 1.82) is 0 Å². The van der Waals surface area contributed by atoms with Gasteiger partial charge in [0, 0.05) is 43.0 Å². The van der Waals surface area contributed by atoms with Gasteiger partial charge in [0.2, 0.25) is 0 Å². The topological polar surface area (TPSA) is 47.0 Å². The lowest BCUT2D eigenvalue weighted by Crippen LogP contribution is -2.40. The number of aryl methyl sites for hydroxylation is 1. The summed E-state index contributed by atoms with van der Waals surface area (Å²) >= 11 is 0. The summed E-state index contributed by atoms with van der Waals surface area (Å²) in [6.07, 6.45) is 7.61. The van der Waals surface area contributed by atoms with E-state index in [2.05, 4.69) is 46.5 Å². The Morgan fingerprint density at radius 1 is 1.08 bits per heavy atom. The molecule has 2 aromatic heterocycles. The maximum atomic E-state index is 5.64. The highest BCUT2D eigenvalue weighted by Gasteiger charge is 2.34. The number of ether oxygens (including phenoxy) is 1. The zero-order valence-corrected chi connectivity index (χ0v) is 14.5. The Labute approximate surface area is 148 Å². The summed E-state index contributed by atoms with van der Waals surface area (Å²) in [6.45, 7) is 4.60. The molecule has 128 valence electrons. The molecule has 0 radical (unpaired) electrons. The number of nitrogens with one attached hydrogen (secondary N) is 1. The van der Waals surface area contributed by atoms with E-state index >= 15 is 0 Å². The quantitative estimate of drug-likeness (QED) is 0.781. The zero-order valence-electron chi connectivity index (χ0n) is 14.5. The molecular formula is C21H23N3O. The van der Waals surface area contributed by atoms with Gasteiger partial charge in [-0.15, -0.1) is 0 Å². The summed E-state index contributed by atoms with van der Waals surface area (Å²) in [5, 5.41) is 4.69. The van der Waals surface area contributed by atoms with Gasteiger partial charge in [0.15, 0.2) is 0 Å². The van der Waals surface area contributed by atoms with E-state index in [9.17, 15) is 0 Å². The van der Waals surface area contributed by atoms with Crippen LogP contribution in [0, 0.1) is 6.92 Å². The highest BCUT2D eigenvalue weighted by atomic mass is 16.5. The number of fused-ring (bicyclic) bond motifs is 1. The molecule has 0 spiro atoms. The SMILES string of the molecule is Cc1ccc(C2(CNc3cncc4cccnc34)CCOCC2)cc1. The lowest BCUT2D eigenvalue weighted by molar-refractivity contribution is 0.0544. The molecule has 4 heteroatoms. The number of hydrogen-bond donors (Lipinski definition) is 1. The Balaban J connectivity index is 1.64. The van der Waals surface area contributed by atoms with E-state index in [1.54, 1.807) is 0 Å². The molecule has 1 aliphatic heterocycles. The summed E-state index contributed by atoms with van der Waals surface area (Å²) in [5.74, 6) is 0. The van der Waals surface area contributed by atoms with Gasteiger partial charge < -0.3 is 10.1 Å². The Hall–Kier alpha value is -2.46. The Morgan fingerprint density at radius 3 is 2.68 bits per heavy atom. The Kier molecular flexibility index (Phi) is 4.36. The highest BCUT2D eigenvalue weighted by molar-refractivity contribution is 5.88. The largest absolute Gasteiger partial charge is 0.381 e. The molecule has 3 heterocycles. The molecule has 0 unspecified atom stereocenters. The van der Waals surface area contributed by atoms with Crippen LogP contribution in [-0.2, 0) is 10.2 Å². The first-order valence-corrected chi connectivity index (χ1v) is 8.84. The lowest BCUT2D eigenvalue weighted by atomic mass is 9.74. The van der Waals surface area contributed by atoms with Crippen LogP contribution in [0.15, 0.2) is 55.0 Å². The van der Waals surface area contributed by atoms with Gasteiger partial charge in [-0.1, -0.05) is 29.8 Å². The number of pyridine rings is 2. The standard InChI is InChI=1S/C21H23N3O/c1-16-4-6-18(7-5-16)21(8-11-25-12-9-21)15-24-19-14-22-13-17-3-2-10-23-20(17)19/h2-7,10,13-14,24H,8-9,11-12,15H2,1H3. The minimum absolute atomic E-state index is 0.0862. The van der Waals surface area contributed by atoms with Crippen LogP contribution >= 0.6 is 0 Å². The van der Waals surface area contributed by atoms with Crippen LogP contribution in [-0.4, -0.2) is 29.7 Å². The van der Waals surface area contributed by atoms with Crippen LogP contribution in [0.25, 0.3) is 10.9 Å². The number of rotatable bonds is 4. The van der Waals surface area contributed by atoms with Crippen molar-refractivity contribution in [2.45, 2.75) is 25.2 Å². The zero-order chi connectivity index (χ0) is 17.1. The molecule has 1 fully saturated rings. The fourth-order valence-electron chi connectivity index (χ4n) is 3.63. The first kappa shape index (κ1) is 16.0. The summed E-state index contributed by atoms with van der Waals surface area (Å²) < 4.78 is 5.64. The second-order valence-electron chi connectivity index (χ2n) is 6.87. The minimum Gasteiger partial charge on any atom is -0.381 e. The molecule has 3 aromatic rings. The van der Waals surface area contributed by atoms with Gasteiger partial charge in [-0.05, 0) is 37.5 Å². The first-order valence-electron chi connectivity index (χ1n) is 8.84. The Bertz CT molecular complexity index is 849. The van der Waals surface area contributed by atoms with Gasteiger partial charge in [-0.25, -0.2) is 0 Å². The van der Waals surface area contributed by atoms with E-state index < -0.39 is 0 Å². The average Bonchev–Trinajstić information content (AvgIpc) is 2.67. The van der Waals surface area contributed by atoms with Gasteiger partial charge in [0.25, 0.3) is 0 Å². The maximum absolute atomic E-state index is 5.64. The van der Waals surface area contributed by atoms with Crippen LogP contribution in [0.5, 0.6) is 0 Å². The molecule has 0 bridgehead atoms. The van der Waals surface area contributed by atoms with Crippen molar-refractivity contribution in [3.63, 3.8) is 0 Å². The van der Waals surface area contributed by atoms with Crippen molar-refractivity contribution in [3.8, 4) is 0 Å². The van der Waals surface area contributed by atoms with Crippen molar-refractivity contribution in [3.05, 3.63) is 66.1 Å². The summed E-state index contributed by atoms with van der Waals surface area (Å²) in [5.41, 5.74) is 4.74. The predicted molar refractivity (Wildman–Crippen MR) is 101 cm³/mol. The van der Waals surface area contributed by atoms with Crippen LogP contribution in [0.3, 0.4) is 0 Å². The van der Waals surface area contributed by atoms with Crippen molar-refractivity contribution >= 4 is 16.6 Å². The fraction of sp³-hybridized carbons (Fsp3) is 0.333. The Morgan fingerprint density at radius 2 is 1.88 bits per heavy atom. The van der Waals surface area contributed by atoms with E-state index in [0.717, 1.165) is 49.2 Å². The summed E-state index contributed by atoms with van der Waals surface area (Å²) in [6, 6.07) is 12.9. The third kappa shape index (κ3) is 3.22. The monoisotopic (exact) mass is 333 g/mol. The second kappa shape index (κ2) is 6.81. The first-order chi connectivity index (χ1) is 12.3. The minimum atomic E-state index is 0.0862. The fourth-order valence-corrected chi connectivity index (χ4v) is 3.63. The molecule has 0 amide bonds. The van der Waals surface area contributed by atoms with Crippen molar-refractivity contribution in [1.82, 2.24) is 9.97 Å². The molecular weight excluding hydrogens is 310 g/mol. The second-order valence-corrected chi connectivity index (χ2v) is 6.87. The molecule has 1 aliphatic rings. The molecule has 0 aliphatic carbocycles. The molecule has 0 atom stereocenters. The van der Waals surface area contributed by atoms with E-state index in [1.807, 2.05) is 30.7 Å². The van der Waals surface area contributed by atoms with E-state index in [0.29, 0.717) is 0 Å². The van der Waals surface area contributed by atoms with Gasteiger partial charge in [-0.3, -0.25) is 9.97 Å². The molecule has 0 saturated carbocycles. The highest BCUT2D eigenvalue weighted by Crippen LogP contribution is 2.35. The van der Waals surface area contributed by atoms with Crippen molar-refractivity contribution < 1.29 is 4.74 Å². The number of benzene rings is 1. The smallest absolute Gasteiger partial charge is 0.0964 e. The lowest BCUT2D eigenvalue weighted by Gasteiger charge is -2.38. The van der Waals surface area contributed by atoms with Crippen LogP contribution in [0.4, 0.5) is 5.69 Å². The number of hydrogen-bond acceptors (Lipinski definition) is 4. The number of aromatic nitrogens is 2. The van der Waals surface area contributed by atoms with Gasteiger partial charge >= 0.3 is 0 Å². The summed E-state index contributed by atoms with van der Waals surface area (Å²) in [4.78, 5) is 8.88. The molecule has 4 rings (SSSR count). The maximum Gasteiger partial charge on any atom is 0.0964 e. The normalized spacial score (nSPS) is 16.7.